The molecule has 0 N–H and O–H groups in total. The van der Waals surface area contributed by atoms with Crippen LogP contribution in [0.5, 0.6) is 0 Å². The molecular formula is C17H21N3O6S. The molecule has 0 bridgehead atoms. The lowest BCUT2D eigenvalue weighted by Gasteiger charge is -2.32. The second kappa shape index (κ2) is 7.26. The first-order chi connectivity index (χ1) is 12.6. The van der Waals surface area contributed by atoms with Crippen molar-refractivity contribution in [3.63, 3.8) is 0 Å². The lowest BCUT2D eigenvalue weighted by atomic mass is 10.1. The number of rotatable bonds is 3. The quantitative estimate of drug-likeness (QED) is 0.578. The van der Waals surface area contributed by atoms with E-state index in [1.807, 2.05) is 20.8 Å². The van der Waals surface area contributed by atoms with Crippen LogP contribution in [-0.2, 0) is 15.5 Å². The van der Waals surface area contributed by atoms with E-state index in [0.29, 0.717) is 37.0 Å². The molecule has 2 aromatic rings. The number of nitro benzene ring substituents is 1. The van der Waals surface area contributed by atoms with Gasteiger partial charge in [-0.1, -0.05) is 0 Å². The molecule has 3 rings (SSSR count). The second-order valence-corrected chi connectivity index (χ2v) is 8.96. The number of oxazole rings is 1. The number of likely N-dealkylation sites (tertiary alicyclic amines) is 1. The average molecular weight is 395 g/mol. The first-order valence-corrected chi connectivity index (χ1v) is 9.79. The Bertz CT molecular complexity index is 896. The summed E-state index contributed by atoms with van der Waals surface area (Å²) in [5, 5.41) is 10.7. The molecule has 9 nitrogen and oxygen atoms in total. The summed E-state index contributed by atoms with van der Waals surface area (Å²) in [6.45, 7) is 6.31. The zero-order valence-electron chi connectivity index (χ0n) is 15.3. The molecule has 0 radical (unpaired) electrons. The molecule has 1 aromatic heterocycles. The first kappa shape index (κ1) is 19.3. The van der Waals surface area contributed by atoms with Crippen molar-refractivity contribution in [2.75, 3.05) is 13.1 Å². The third kappa shape index (κ3) is 4.44. The van der Waals surface area contributed by atoms with E-state index in [1.54, 1.807) is 4.90 Å². The summed E-state index contributed by atoms with van der Waals surface area (Å²) < 4.78 is 23.7. The van der Waals surface area contributed by atoms with Crippen molar-refractivity contribution >= 4 is 33.7 Å². The molecule has 0 aliphatic carbocycles. The summed E-state index contributed by atoms with van der Waals surface area (Å²) in [5.41, 5.74) is 0.00469. The number of carbonyl (C=O) groups is 1. The Morgan fingerprint density at radius 1 is 1.37 bits per heavy atom. The number of nitro groups is 1. The molecule has 0 unspecified atom stereocenters. The number of fused-ring (bicyclic) bond motifs is 1. The Hall–Kier alpha value is -2.49. The largest absolute Gasteiger partial charge is 0.444 e. The second-order valence-electron chi connectivity index (χ2n) is 7.35. The Kier molecular flexibility index (Phi) is 5.18. The molecule has 1 amide bonds. The van der Waals surface area contributed by atoms with Crippen LogP contribution < -0.4 is 0 Å². The molecule has 27 heavy (non-hydrogen) atoms. The Labute approximate surface area is 158 Å². The fourth-order valence-electron chi connectivity index (χ4n) is 2.82. The number of hydrogen-bond donors (Lipinski definition) is 0. The van der Waals surface area contributed by atoms with Gasteiger partial charge in [0.05, 0.1) is 4.92 Å². The maximum Gasteiger partial charge on any atom is 0.410 e. The van der Waals surface area contributed by atoms with Gasteiger partial charge in [-0.2, -0.15) is 0 Å². The topological polar surface area (TPSA) is 116 Å². The zero-order chi connectivity index (χ0) is 19.8. The number of piperidine rings is 1. The SMILES string of the molecule is CC(C)(C)OC(=O)N1CCC([S@](=O)c2nc3cc([N+](=O)[O-])ccc3o2)CC1. The molecule has 1 aromatic carbocycles. The van der Waals surface area contributed by atoms with Crippen LogP contribution in [0.15, 0.2) is 27.8 Å². The highest BCUT2D eigenvalue weighted by Crippen LogP contribution is 2.26. The molecule has 2 heterocycles. The fourth-order valence-corrected chi connectivity index (χ4v) is 4.10. The first-order valence-electron chi connectivity index (χ1n) is 8.57. The summed E-state index contributed by atoms with van der Waals surface area (Å²) in [5.74, 6) is 0. The molecule has 1 aliphatic heterocycles. The van der Waals surface area contributed by atoms with Crippen molar-refractivity contribution in [3.8, 4) is 0 Å². The summed E-state index contributed by atoms with van der Waals surface area (Å²) >= 11 is 0. The normalized spacial score (nSPS) is 17.1. The smallest absolute Gasteiger partial charge is 0.410 e. The number of carbonyl (C=O) groups excluding carboxylic acids is 1. The van der Waals surface area contributed by atoms with E-state index >= 15 is 0 Å². The monoisotopic (exact) mass is 395 g/mol. The van der Waals surface area contributed by atoms with E-state index < -0.39 is 21.3 Å². The zero-order valence-corrected chi connectivity index (χ0v) is 16.2. The minimum Gasteiger partial charge on any atom is -0.444 e. The molecule has 146 valence electrons. The number of non-ortho nitro benzene ring substituents is 1. The number of aromatic nitrogens is 1. The molecule has 1 atom stereocenters. The number of nitrogens with zero attached hydrogens (tertiary/aromatic N) is 3. The van der Waals surface area contributed by atoms with Crippen LogP contribution in [0.2, 0.25) is 0 Å². The minimum absolute atomic E-state index is 0.0567. The Morgan fingerprint density at radius 3 is 2.63 bits per heavy atom. The van der Waals surface area contributed by atoms with Gasteiger partial charge in [0.1, 0.15) is 21.9 Å². The van der Waals surface area contributed by atoms with Gasteiger partial charge in [0.15, 0.2) is 5.58 Å². The molecule has 10 heteroatoms. The molecule has 1 aliphatic rings. The van der Waals surface area contributed by atoms with Crippen molar-refractivity contribution in [3.05, 3.63) is 28.3 Å². The third-order valence-electron chi connectivity index (χ3n) is 4.13. The summed E-state index contributed by atoms with van der Waals surface area (Å²) in [7, 11) is -1.49. The molecule has 1 fully saturated rings. The Morgan fingerprint density at radius 2 is 2.04 bits per heavy atom. The molecule has 0 spiro atoms. The van der Waals surface area contributed by atoms with Crippen LogP contribution in [-0.4, -0.2) is 49.0 Å². The molecular weight excluding hydrogens is 374 g/mol. The average Bonchev–Trinajstić information content (AvgIpc) is 3.02. The summed E-state index contributed by atoms with van der Waals surface area (Å²) in [6.07, 6.45) is 0.691. The number of hydrogen-bond acceptors (Lipinski definition) is 7. The number of amides is 1. The van der Waals surface area contributed by atoms with E-state index in [1.165, 1.54) is 18.2 Å². The molecule has 0 saturated carbocycles. The highest BCUT2D eigenvalue weighted by atomic mass is 32.2. The van der Waals surface area contributed by atoms with Gasteiger partial charge < -0.3 is 14.1 Å². The van der Waals surface area contributed by atoms with Gasteiger partial charge >= 0.3 is 6.09 Å². The van der Waals surface area contributed by atoms with E-state index in [0.717, 1.165) is 0 Å². The van der Waals surface area contributed by atoms with E-state index in [2.05, 4.69) is 4.98 Å². The van der Waals surface area contributed by atoms with Crippen LogP contribution >= 0.6 is 0 Å². The van der Waals surface area contributed by atoms with Gasteiger partial charge in [-0.15, -0.1) is 0 Å². The maximum absolute atomic E-state index is 12.8. The van der Waals surface area contributed by atoms with Crippen LogP contribution in [0.3, 0.4) is 0 Å². The van der Waals surface area contributed by atoms with Gasteiger partial charge in [0, 0.05) is 30.5 Å². The van der Waals surface area contributed by atoms with Crippen molar-refractivity contribution in [2.45, 2.75) is 49.7 Å². The van der Waals surface area contributed by atoms with Gasteiger partial charge in [-0.3, -0.25) is 10.1 Å². The number of benzene rings is 1. The van der Waals surface area contributed by atoms with Gasteiger partial charge in [0.2, 0.25) is 0 Å². The van der Waals surface area contributed by atoms with Gasteiger partial charge in [0.25, 0.3) is 10.9 Å². The van der Waals surface area contributed by atoms with Crippen LogP contribution in [0.1, 0.15) is 33.6 Å². The highest BCUT2D eigenvalue weighted by molar-refractivity contribution is 7.85. The van der Waals surface area contributed by atoms with Crippen molar-refractivity contribution in [2.24, 2.45) is 0 Å². The predicted molar refractivity (Wildman–Crippen MR) is 97.9 cm³/mol. The lowest BCUT2D eigenvalue weighted by Crippen LogP contribution is -2.43. The highest BCUT2D eigenvalue weighted by Gasteiger charge is 2.31. The van der Waals surface area contributed by atoms with Gasteiger partial charge in [-0.05, 0) is 39.7 Å². The van der Waals surface area contributed by atoms with E-state index in [4.69, 9.17) is 9.15 Å². The van der Waals surface area contributed by atoms with Crippen molar-refractivity contribution < 1.29 is 23.1 Å². The standard InChI is InChI=1S/C17H21N3O6S/c1-17(2,3)26-16(21)19-8-6-12(7-9-19)27(24)15-18-13-10-11(20(22)23)4-5-14(13)25-15/h4-5,10,12H,6-9H2,1-3H3/t27-/m0/s1. The summed E-state index contributed by atoms with van der Waals surface area (Å²) in [4.78, 5) is 28.2. The number of ether oxygens (including phenoxy) is 1. The third-order valence-corrected chi connectivity index (χ3v) is 5.73. The van der Waals surface area contributed by atoms with Crippen molar-refractivity contribution in [1.29, 1.82) is 0 Å². The predicted octanol–water partition coefficient (Wildman–Crippen LogP) is 3.24. The van der Waals surface area contributed by atoms with Gasteiger partial charge in [-0.25, -0.2) is 14.0 Å². The summed E-state index contributed by atoms with van der Waals surface area (Å²) in [6, 6.07) is 4.07. The molecule has 1 saturated heterocycles. The maximum atomic E-state index is 12.8. The van der Waals surface area contributed by atoms with Crippen molar-refractivity contribution in [1.82, 2.24) is 9.88 Å². The van der Waals surface area contributed by atoms with Crippen LogP contribution in [0, 0.1) is 10.1 Å². The fraction of sp³-hybridized carbons (Fsp3) is 0.529. The van der Waals surface area contributed by atoms with E-state index in [9.17, 15) is 19.1 Å². The minimum atomic E-state index is -1.49. The van der Waals surface area contributed by atoms with Crippen LogP contribution in [0.25, 0.3) is 11.1 Å². The lowest BCUT2D eigenvalue weighted by molar-refractivity contribution is -0.384. The Balaban J connectivity index is 1.66. The van der Waals surface area contributed by atoms with E-state index in [-0.39, 0.29) is 22.3 Å². The van der Waals surface area contributed by atoms with Crippen LogP contribution in [0.4, 0.5) is 10.5 Å².